The normalized spacial score (nSPS) is 16.6. The summed E-state index contributed by atoms with van der Waals surface area (Å²) >= 11 is 13.5. The molecule has 1 aliphatic rings. The van der Waals surface area contributed by atoms with Crippen LogP contribution in [0.2, 0.25) is 10.0 Å². The molecule has 0 spiro atoms. The van der Waals surface area contributed by atoms with E-state index in [2.05, 4.69) is 4.98 Å². The smallest absolute Gasteiger partial charge is 0.290 e. The number of hydrogen-bond donors (Lipinski definition) is 1. The lowest BCUT2D eigenvalue weighted by molar-refractivity contribution is -0.130. The van der Waals surface area contributed by atoms with Crippen LogP contribution in [0.15, 0.2) is 71.6 Å². The van der Waals surface area contributed by atoms with Crippen LogP contribution in [0, 0.1) is 0 Å². The Morgan fingerprint density at radius 3 is 2.55 bits per heavy atom. The molecule has 8 heteroatoms. The molecule has 146 valence electrons. The molecule has 1 N–H and O–H groups in total. The first kappa shape index (κ1) is 19.6. The Morgan fingerprint density at radius 1 is 1.14 bits per heavy atom. The summed E-state index contributed by atoms with van der Waals surface area (Å²) in [6, 6.07) is 11.1. The Morgan fingerprint density at radius 2 is 1.90 bits per heavy atom. The first-order valence-electron chi connectivity index (χ1n) is 8.63. The predicted molar refractivity (Wildman–Crippen MR) is 112 cm³/mol. The number of hydrogen-bond acceptors (Lipinski definition) is 5. The molecule has 1 aromatic carbocycles. The number of Topliss-reactive ketones (excluding diaryl/α,β-unsaturated/α-hetero) is 1. The van der Waals surface area contributed by atoms with E-state index in [-0.39, 0.29) is 17.9 Å². The average Bonchev–Trinajstić information content (AvgIpc) is 3.34. The predicted octanol–water partition coefficient (Wildman–Crippen LogP) is 5.23. The number of rotatable bonds is 5. The number of aromatic nitrogens is 1. The second-order valence-corrected chi connectivity index (χ2v) is 8.20. The third-order valence-corrected chi connectivity index (χ3v) is 6.26. The quantitative estimate of drug-likeness (QED) is 0.546. The molecule has 0 saturated carbocycles. The zero-order valence-corrected chi connectivity index (χ0v) is 17.2. The molecule has 0 aliphatic carbocycles. The van der Waals surface area contributed by atoms with Gasteiger partial charge in [0.05, 0.1) is 26.5 Å². The van der Waals surface area contributed by atoms with Crippen LogP contribution in [-0.2, 0) is 11.3 Å². The molecule has 0 saturated heterocycles. The number of carbonyl (C=O) groups excluding carboxylic acids is 2. The van der Waals surface area contributed by atoms with Gasteiger partial charge in [-0.05, 0) is 46.8 Å². The van der Waals surface area contributed by atoms with Crippen molar-refractivity contribution in [1.82, 2.24) is 9.88 Å². The van der Waals surface area contributed by atoms with Crippen molar-refractivity contribution < 1.29 is 14.7 Å². The lowest BCUT2D eigenvalue weighted by Gasteiger charge is -2.27. The molecule has 4 rings (SSSR count). The van der Waals surface area contributed by atoms with Crippen molar-refractivity contribution in [2.75, 3.05) is 0 Å². The molecule has 1 atom stereocenters. The largest absolute Gasteiger partial charge is 0.503 e. The van der Waals surface area contributed by atoms with Crippen molar-refractivity contribution in [2.45, 2.75) is 12.6 Å². The number of ketones is 1. The van der Waals surface area contributed by atoms with Gasteiger partial charge in [-0.2, -0.15) is 0 Å². The number of benzene rings is 1. The van der Waals surface area contributed by atoms with Gasteiger partial charge in [0.25, 0.3) is 5.91 Å². The van der Waals surface area contributed by atoms with Gasteiger partial charge >= 0.3 is 0 Å². The number of aliphatic hydroxyl groups is 1. The van der Waals surface area contributed by atoms with E-state index in [0.29, 0.717) is 20.5 Å². The van der Waals surface area contributed by atoms with Gasteiger partial charge in [0, 0.05) is 18.9 Å². The summed E-state index contributed by atoms with van der Waals surface area (Å²) in [6.07, 6.45) is 3.24. The molecule has 3 aromatic rings. The fourth-order valence-electron chi connectivity index (χ4n) is 3.30. The highest BCUT2D eigenvalue weighted by atomic mass is 35.5. The average molecular weight is 445 g/mol. The maximum Gasteiger partial charge on any atom is 0.290 e. The van der Waals surface area contributed by atoms with E-state index < -0.39 is 17.7 Å². The summed E-state index contributed by atoms with van der Waals surface area (Å²) < 4.78 is 0. The molecule has 1 amide bonds. The summed E-state index contributed by atoms with van der Waals surface area (Å²) in [7, 11) is 0. The highest BCUT2D eigenvalue weighted by Crippen LogP contribution is 2.41. The Labute approximate surface area is 180 Å². The van der Waals surface area contributed by atoms with Gasteiger partial charge in [-0.15, -0.1) is 11.3 Å². The molecule has 2 aromatic heterocycles. The molecule has 29 heavy (non-hydrogen) atoms. The lowest BCUT2D eigenvalue weighted by atomic mass is 9.95. The first-order valence-corrected chi connectivity index (χ1v) is 10.3. The summed E-state index contributed by atoms with van der Waals surface area (Å²) in [5.41, 5.74) is 1.44. The number of carbonyl (C=O) groups is 2. The van der Waals surface area contributed by atoms with Gasteiger partial charge in [-0.25, -0.2) is 0 Å². The number of thiophene rings is 1. The maximum absolute atomic E-state index is 13.1. The maximum atomic E-state index is 13.1. The van der Waals surface area contributed by atoms with E-state index in [9.17, 15) is 14.7 Å². The number of aliphatic hydroxyl groups excluding tert-OH is 1. The Kier molecular flexibility index (Phi) is 5.41. The number of halogens is 2. The number of amides is 1. The monoisotopic (exact) mass is 444 g/mol. The van der Waals surface area contributed by atoms with Crippen molar-refractivity contribution in [1.29, 1.82) is 0 Å². The molecule has 5 nitrogen and oxygen atoms in total. The molecular weight excluding hydrogens is 431 g/mol. The van der Waals surface area contributed by atoms with Gasteiger partial charge in [-0.3, -0.25) is 14.6 Å². The third kappa shape index (κ3) is 3.67. The van der Waals surface area contributed by atoms with Crippen LogP contribution in [0.4, 0.5) is 0 Å². The van der Waals surface area contributed by atoms with Gasteiger partial charge in [0.15, 0.2) is 5.76 Å². The van der Waals surface area contributed by atoms with Crippen LogP contribution in [0.25, 0.3) is 0 Å². The van der Waals surface area contributed by atoms with Crippen LogP contribution in [0.5, 0.6) is 0 Å². The minimum absolute atomic E-state index is 0.0323. The first-order chi connectivity index (χ1) is 14.0. The van der Waals surface area contributed by atoms with Gasteiger partial charge < -0.3 is 10.0 Å². The standard InChI is InChI=1S/C21H14Cl2N2O3S/c22-14-4-3-13(10-15(14)23)18-17(19(26)16-2-1-9-29-16)20(27)21(28)25(18)11-12-5-7-24-8-6-12/h1-10,18,27H,11H2. The molecule has 1 unspecified atom stereocenters. The second kappa shape index (κ2) is 7.99. The van der Waals surface area contributed by atoms with Crippen molar-refractivity contribution in [3.63, 3.8) is 0 Å². The minimum atomic E-state index is -0.792. The van der Waals surface area contributed by atoms with Gasteiger partial charge in [-0.1, -0.05) is 35.3 Å². The zero-order chi connectivity index (χ0) is 20.5. The molecule has 1 aliphatic heterocycles. The van der Waals surface area contributed by atoms with E-state index in [0.717, 1.165) is 5.56 Å². The third-order valence-electron chi connectivity index (χ3n) is 4.65. The van der Waals surface area contributed by atoms with Crippen LogP contribution >= 0.6 is 34.5 Å². The van der Waals surface area contributed by atoms with Crippen LogP contribution in [0.3, 0.4) is 0 Å². The van der Waals surface area contributed by atoms with E-state index in [1.165, 1.54) is 16.2 Å². The van der Waals surface area contributed by atoms with Gasteiger partial charge in [0.2, 0.25) is 5.78 Å². The Balaban J connectivity index is 1.82. The van der Waals surface area contributed by atoms with E-state index in [1.54, 1.807) is 60.2 Å². The van der Waals surface area contributed by atoms with Crippen molar-refractivity contribution >= 4 is 46.2 Å². The fourth-order valence-corrected chi connectivity index (χ4v) is 4.29. The van der Waals surface area contributed by atoms with E-state index >= 15 is 0 Å². The minimum Gasteiger partial charge on any atom is -0.503 e. The summed E-state index contributed by atoms with van der Waals surface area (Å²) in [5, 5.41) is 13.1. The molecule has 3 heterocycles. The Bertz CT molecular complexity index is 1110. The summed E-state index contributed by atoms with van der Waals surface area (Å²) in [4.78, 5) is 31.9. The molecular formula is C21H14Cl2N2O3S. The number of nitrogens with zero attached hydrogens (tertiary/aromatic N) is 2. The summed E-state index contributed by atoms with van der Waals surface area (Å²) in [5.74, 6) is -1.55. The zero-order valence-electron chi connectivity index (χ0n) is 14.9. The van der Waals surface area contributed by atoms with Crippen molar-refractivity contribution in [2.24, 2.45) is 0 Å². The lowest BCUT2D eigenvalue weighted by Crippen LogP contribution is -2.30. The van der Waals surface area contributed by atoms with E-state index in [4.69, 9.17) is 23.2 Å². The molecule has 0 bridgehead atoms. The van der Waals surface area contributed by atoms with Crippen LogP contribution in [-0.4, -0.2) is 26.7 Å². The molecule has 0 radical (unpaired) electrons. The van der Waals surface area contributed by atoms with E-state index in [1.807, 2.05) is 0 Å². The second-order valence-electron chi connectivity index (χ2n) is 6.43. The van der Waals surface area contributed by atoms with Crippen molar-refractivity contribution in [3.05, 3.63) is 97.6 Å². The highest BCUT2D eigenvalue weighted by molar-refractivity contribution is 7.12. The number of pyridine rings is 1. The van der Waals surface area contributed by atoms with Gasteiger partial charge in [0.1, 0.15) is 0 Å². The highest BCUT2D eigenvalue weighted by Gasteiger charge is 2.44. The van der Waals surface area contributed by atoms with Crippen LogP contribution < -0.4 is 0 Å². The fraction of sp³-hybridized carbons (Fsp3) is 0.0952. The molecule has 0 fully saturated rings. The summed E-state index contributed by atoms with van der Waals surface area (Å²) in [6.45, 7) is 0.192. The van der Waals surface area contributed by atoms with Crippen LogP contribution in [0.1, 0.15) is 26.8 Å². The van der Waals surface area contributed by atoms with Crippen molar-refractivity contribution in [3.8, 4) is 0 Å². The Hall–Kier alpha value is -2.67. The topological polar surface area (TPSA) is 70.5 Å². The SMILES string of the molecule is O=C(C1=C(O)C(=O)N(Cc2ccncc2)C1c1ccc(Cl)c(Cl)c1)c1cccs1.